The van der Waals surface area contributed by atoms with Gasteiger partial charge in [-0.25, -0.2) is 9.48 Å². The molecule has 3 rings (SSSR count). The summed E-state index contributed by atoms with van der Waals surface area (Å²) in [6, 6.07) is 1.85. The van der Waals surface area contributed by atoms with E-state index in [1.807, 2.05) is 10.7 Å². The first-order valence-electron chi connectivity index (χ1n) is 8.22. The molecule has 1 aromatic carbocycles. The Bertz CT molecular complexity index is 865. The normalized spacial score (nSPS) is 17.0. The molecule has 1 aliphatic rings. The number of benzene rings is 1. The minimum atomic E-state index is -0.440. The quantitative estimate of drug-likeness (QED) is 0.411. The molecule has 2 aromatic rings. The number of carbonyl (C=O) groups excluding carboxylic acids is 1. The fourth-order valence-corrected chi connectivity index (χ4v) is 3.72. The van der Waals surface area contributed by atoms with Gasteiger partial charge in [-0.1, -0.05) is 23.4 Å². The summed E-state index contributed by atoms with van der Waals surface area (Å²) in [6.07, 6.45) is 4.86. The molecule has 0 saturated carbocycles. The van der Waals surface area contributed by atoms with Crippen LogP contribution in [0.2, 0.25) is 5.02 Å². The van der Waals surface area contributed by atoms with Crippen LogP contribution in [0.25, 0.3) is 10.9 Å². The van der Waals surface area contributed by atoms with Crippen molar-refractivity contribution in [2.75, 3.05) is 26.9 Å². The summed E-state index contributed by atoms with van der Waals surface area (Å²) in [4.78, 5) is 11.0. The van der Waals surface area contributed by atoms with Gasteiger partial charge in [0, 0.05) is 16.5 Å². The van der Waals surface area contributed by atoms with Gasteiger partial charge in [-0.3, -0.25) is 0 Å². The Morgan fingerprint density at radius 1 is 1.54 bits per heavy atom. The van der Waals surface area contributed by atoms with Crippen LogP contribution in [-0.2, 0) is 19.0 Å². The Morgan fingerprint density at radius 2 is 2.38 bits per heavy atom. The first-order chi connectivity index (χ1) is 12.6. The van der Waals surface area contributed by atoms with Crippen molar-refractivity contribution in [1.29, 1.82) is 0 Å². The number of aromatic nitrogens is 2. The predicted octanol–water partition coefficient (Wildman–Crippen LogP) is 3.69. The Labute approximate surface area is 164 Å². The van der Waals surface area contributed by atoms with Gasteiger partial charge in [0.05, 0.1) is 29.4 Å². The molecule has 1 saturated heterocycles. The third kappa shape index (κ3) is 4.21. The Balaban J connectivity index is 1.81. The van der Waals surface area contributed by atoms with E-state index in [2.05, 4.69) is 37.6 Å². The SMILES string of the molecule is COC(=O)COCC#Cc1c(Cl)cc2c(cnn2C2CCCCO2)c1Br. The standard InChI is InChI=1S/C18H18BrClN2O4/c1-24-17(23)11-25-7-4-5-12-14(20)9-15-13(18(12)19)10-21-22(15)16-6-2-3-8-26-16/h9-10,16H,2-3,6-8,11H2,1H3. The van der Waals surface area contributed by atoms with Crippen molar-refractivity contribution in [2.24, 2.45) is 0 Å². The van der Waals surface area contributed by atoms with Gasteiger partial charge in [-0.15, -0.1) is 0 Å². The molecule has 1 fully saturated rings. The molecule has 0 N–H and O–H groups in total. The van der Waals surface area contributed by atoms with E-state index in [0.29, 0.717) is 10.6 Å². The van der Waals surface area contributed by atoms with Crippen LogP contribution in [0.15, 0.2) is 16.7 Å². The highest BCUT2D eigenvalue weighted by molar-refractivity contribution is 9.10. The number of hydrogen-bond acceptors (Lipinski definition) is 5. The molecule has 1 aromatic heterocycles. The average Bonchev–Trinajstić information content (AvgIpc) is 3.08. The zero-order chi connectivity index (χ0) is 18.5. The minimum Gasteiger partial charge on any atom is -0.467 e. The highest BCUT2D eigenvalue weighted by atomic mass is 79.9. The van der Waals surface area contributed by atoms with Gasteiger partial charge in [0.25, 0.3) is 0 Å². The van der Waals surface area contributed by atoms with E-state index < -0.39 is 5.97 Å². The van der Waals surface area contributed by atoms with Crippen molar-refractivity contribution < 1.29 is 19.0 Å². The Morgan fingerprint density at radius 3 is 3.12 bits per heavy atom. The van der Waals surface area contributed by atoms with Gasteiger partial charge in [-0.2, -0.15) is 5.10 Å². The lowest BCUT2D eigenvalue weighted by molar-refractivity contribution is -0.145. The summed E-state index contributed by atoms with van der Waals surface area (Å²) in [7, 11) is 1.31. The number of carbonyl (C=O) groups is 1. The summed E-state index contributed by atoms with van der Waals surface area (Å²) in [5, 5.41) is 5.92. The zero-order valence-electron chi connectivity index (χ0n) is 14.3. The van der Waals surface area contributed by atoms with Crippen molar-refractivity contribution in [3.05, 3.63) is 27.3 Å². The maximum Gasteiger partial charge on any atom is 0.331 e. The fourth-order valence-electron chi connectivity index (χ4n) is 2.75. The molecule has 0 bridgehead atoms. The van der Waals surface area contributed by atoms with Gasteiger partial charge in [-0.05, 0) is 41.3 Å². The molecule has 26 heavy (non-hydrogen) atoms. The Hall–Kier alpha value is -1.59. The number of nitrogens with zero attached hydrogens (tertiary/aromatic N) is 2. The molecule has 1 atom stereocenters. The van der Waals surface area contributed by atoms with Gasteiger partial charge in [0.2, 0.25) is 0 Å². The van der Waals surface area contributed by atoms with Crippen LogP contribution < -0.4 is 0 Å². The molecule has 138 valence electrons. The van der Waals surface area contributed by atoms with Crippen molar-refractivity contribution in [3.8, 4) is 11.8 Å². The lowest BCUT2D eigenvalue weighted by Gasteiger charge is -2.23. The zero-order valence-corrected chi connectivity index (χ0v) is 16.6. The second-order valence-corrected chi connectivity index (χ2v) is 6.96. The van der Waals surface area contributed by atoms with Crippen molar-refractivity contribution in [3.63, 3.8) is 0 Å². The molecule has 1 unspecified atom stereocenters. The van der Waals surface area contributed by atoms with E-state index >= 15 is 0 Å². The van der Waals surface area contributed by atoms with Gasteiger partial charge in [0.15, 0.2) is 6.23 Å². The third-order valence-corrected chi connectivity index (χ3v) is 5.18. The molecule has 0 spiro atoms. The monoisotopic (exact) mass is 440 g/mol. The highest BCUT2D eigenvalue weighted by Gasteiger charge is 2.21. The second kappa shape index (κ2) is 8.87. The minimum absolute atomic E-state index is 0.0622. The first kappa shape index (κ1) is 19.2. The van der Waals surface area contributed by atoms with Crippen LogP contribution in [0.4, 0.5) is 0 Å². The van der Waals surface area contributed by atoms with E-state index in [4.69, 9.17) is 21.1 Å². The molecule has 1 aliphatic heterocycles. The van der Waals surface area contributed by atoms with Gasteiger partial charge in [0.1, 0.15) is 13.2 Å². The summed E-state index contributed by atoms with van der Waals surface area (Å²) in [6.45, 7) is 0.717. The molecule has 0 aliphatic carbocycles. The molecule has 0 amide bonds. The second-order valence-electron chi connectivity index (χ2n) is 5.76. The topological polar surface area (TPSA) is 62.6 Å². The van der Waals surface area contributed by atoms with E-state index in [1.54, 1.807) is 6.20 Å². The third-order valence-electron chi connectivity index (χ3n) is 4.06. The largest absolute Gasteiger partial charge is 0.467 e. The molecular formula is C18H18BrClN2O4. The number of esters is 1. The number of ether oxygens (including phenoxy) is 3. The molecule has 2 heterocycles. The number of rotatable bonds is 4. The predicted molar refractivity (Wildman–Crippen MR) is 101 cm³/mol. The van der Waals surface area contributed by atoms with Gasteiger partial charge >= 0.3 is 5.97 Å². The number of fused-ring (bicyclic) bond motifs is 1. The van der Waals surface area contributed by atoms with Crippen LogP contribution in [0.1, 0.15) is 31.1 Å². The van der Waals surface area contributed by atoms with Crippen LogP contribution in [0, 0.1) is 11.8 Å². The first-order valence-corrected chi connectivity index (χ1v) is 9.39. The number of methoxy groups -OCH3 is 1. The van der Waals surface area contributed by atoms with Gasteiger partial charge < -0.3 is 14.2 Å². The van der Waals surface area contributed by atoms with Crippen molar-refractivity contribution in [1.82, 2.24) is 9.78 Å². The maximum absolute atomic E-state index is 11.0. The van der Waals surface area contributed by atoms with E-state index in [1.165, 1.54) is 7.11 Å². The maximum atomic E-state index is 11.0. The summed E-state index contributed by atoms with van der Waals surface area (Å²) < 4.78 is 18.1. The fraction of sp³-hybridized carbons (Fsp3) is 0.444. The van der Waals surface area contributed by atoms with Crippen LogP contribution in [0.5, 0.6) is 0 Å². The summed E-state index contributed by atoms with van der Waals surface area (Å²) in [5.41, 5.74) is 1.56. The lowest BCUT2D eigenvalue weighted by Crippen LogP contribution is -2.18. The van der Waals surface area contributed by atoms with Crippen LogP contribution in [0.3, 0.4) is 0 Å². The van der Waals surface area contributed by atoms with Crippen molar-refractivity contribution in [2.45, 2.75) is 25.5 Å². The molecule has 6 nitrogen and oxygen atoms in total. The average molecular weight is 442 g/mol. The Kier molecular flexibility index (Phi) is 6.54. The van der Waals surface area contributed by atoms with E-state index in [-0.39, 0.29) is 19.4 Å². The van der Waals surface area contributed by atoms with Crippen LogP contribution >= 0.6 is 27.5 Å². The van der Waals surface area contributed by atoms with E-state index in [0.717, 1.165) is 41.2 Å². The molecule has 8 heteroatoms. The summed E-state index contributed by atoms with van der Waals surface area (Å²) >= 11 is 10.0. The smallest absolute Gasteiger partial charge is 0.331 e. The summed E-state index contributed by atoms with van der Waals surface area (Å²) in [5.74, 6) is 5.39. The molecule has 0 radical (unpaired) electrons. The number of halogens is 2. The van der Waals surface area contributed by atoms with Crippen molar-refractivity contribution >= 4 is 44.4 Å². The molecular weight excluding hydrogens is 424 g/mol. The highest BCUT2D eigenvalue weighted by Crippen LogP contribution is 2.35. The van der Waals surface area contributed by atoms with Crippen LogP contribution in [-0.4, -0.2) is 42.7 Å². The van der Waals surface area contributed by atoms with E-state index in [9.17, 15) is 4.79 Å². The lowest BCUT2D eigenvalue weighted by atomic mass is 10.1. The number of hydrogen-bond donors (Lipinski definition) is 0.